The van der Waals surface area contributed by atoms with Gasteiger partial charge in [0.1, 0.15) is 0 Å². The van der Waals surface area contributed by atoms with Crippen molar-refractivity contribution >= 4 is 11.9 Å². The fourth-order valence-corrected chi connectivity index (χ4v) is 3.32. The summed E-state index contributed by atoms with van der Waals surface area (Å²) in [6.45, 7) is 3.86. The maximum atomic E-state index is 12.4. The zero-order valence-corrected chi connectivity index (χ0v) is 18.0. The molecular formula is C24H29N5O2. The second kappa shape index (κ2) is 11.0. The van der Waals surface area contributed by atoms with Gasteiger partial charge < -0.3 is 20.1 Å². The molecule has 0 saturated heterocycles. The Hall–Kier alpha value is -3.61. The molecule has 0 atom stereocenters. The second-order valence-electron chi connectivity index (χ2n) is 7.51. The Morgan fingerprint density at radius 2 is 1.84 bits per heavy atom. The van der Waals surface area contributed by atoms with Gasteiger partial charge in [-0.15, -0.1) is 0 Å². The summed E-state index contributed by atoms with van der Waals surface area (Å²) in [5.74, 6) is -0.0570. The van der Waals surface area contributed by atoms with Crippen LogP contribution in [0.1, 0.15) is 24.5 Å². The van der Waals surface area contributed by atoms with E-state index < -0.39 is 0 Å². The van der Waals surface area contributed by atoms with Gasteiger partial charge in [-0.3, -0.25) is 4.79 Å². The molecule has 7 nitrogen and oxygen atoms in total. The number of rotatable bonds is 9. The molecule has 31 heavy (non-hydrogen) atoms. The lowest BCUT2D eigenvalue weighted by Gasteiger charge is -2.19. The minimum absolute atomic E-state index is 0.0570. The van der Waals surface area contributed by atoms with Crippen LogP contribution in [0.25, 0.3) is 11.1 Å². The Balaban J connectivity index is 1.57. The summed E-state index contributed by atoms with van der Waals surface area (Å²) in [7, 11) is 1.76. The van der Waals surface area contributed by atoms with E-state index in [1.807, 2.05) is 35.3 Å². The third-order valence-corrected chi connectivity index (χ3v) is 5.03. The van der Waals surface area contributed by atoms with Crippen LogP contribution in [0.3, 0.4) is 0 Å². The Labute approximate surface area is 183 Å². The van der Waals surface area contributed by atoms with Crippen molar-refractivity contribution in [3.63, 3.8) is 0 Å². The molecule has 0 saturated carbocycles. The normalized spacial score (nSPS) is 10.5. The molecule has 7 heteroatoms. The number of carbonyl (C=O) groups is 2. The van der Waals surface area contributed by atoms with Crippen molar-refractivity contribution in [3.05, 3.63) is 78.4 Å². The summed E-state index contributed by atoms with van der Waals surface area (Å²) >= 11 is 0. The van der Waals surface area contributed by atoms with E-state index in [2.05, 4.69) is 45.9 Å². The number of amides is 3. The Morgan fingerprint density at radius 1 is 1.06 bits per heavy atom. The number of aromatic nitrogens is 2. The molecule has 0 bridgehead atoms. The third kappa shape index (κ3) is 6.70. The van der Waals surface area contributed by atoms with E-state index in [0.29, 0.717) is 26.1 Å². The maximum absolute atomic E-state index is 12.4. The van der Waals surface area contributed by atoms with E-state index in [4.69, 9.17) is 0 Å². The number of urea groups is 1. The molecule has 0 aliphatic carbocycles. The molecule has 0 aliphatic rings. The van der Waals surface area contributed by atoms with Gasteiger partial charge >= 0.3 is 6.03 Å². The van der Waals surface area contributed by atoms with Crippen molar-refractivity contribution in [2.45, 2.75) is 26.4 Å². The summed E-state index contributed by atoms with van der Waals surface area (Å²) in [5.41, 5.74) is 4.48. The fourth-order valence-electron chi connectivity index (χ4n) is 3.32. The summed E-state index contributed by atoms with van der Waals surface area (Å²) in [6.07, 6.45) is 6.25. The Kier molecular flexibility index (Phi) is 7.81. The van der Waals surface area contributed by atoms with Gasteiger partial charge in [0.05, 0.1) is 6.33 Å². The van der Waals surface area contributed by atoms with Crippen molar-refractivity contribution in [3.8, 4) is 11.1 Å². The van der Waals surface area contributed by atoms with Crippen LogP contribution in [0.15, 0.2) is 67.3 Å². The van der Waals surface area contributed by atoms with E-state index in [9.17, 15) is 9.59 Å². The van der Waals surface area contributed by atoms with Gasteiger partial charge in [-0.25, -0.2) is 9.78 Å². The molecule has 2 N–H and O–H groups in total. The third-order valence-electron chi connectivity index (χ3n) is 5.03. The molecule has 2 aromatic carbocycles. The largest absolute Gasteiger partial charge is 0.356 e. The molecule has 0 spiro atoms. The lowest BCUT2D eigenvalue weighted by atomic mass is 9.98. The van der Waals surface area contributed by atoms with Crippen LogP contribution in [-0.4, -0.2) is 46.5 Å². The van der Waals surface area contributed by atoms with E-state index in [-0.39, 0.29) is 11.9 Å². The molecule has 3 rings (SSSR count). The van der Waals surface area contributed by atoms with Crippen LogP contribution in [0.2, 0.25) is 0 Å². The number of nitrogens with one attached hydrogen (secondary N) is 2. The second-order valence-corrected chi connectivity index (χ2v) is 7.51. The number of hydrogen-bond donors (Lipinski definition) is 2. The summed E-state index contributed by atoms with van der Waals surface area (Å²) in [5, 5.41) is 5.73. The minimum atomic E-state index is -0.131. The first-order valence-corrected chi connectivity index (χ1v) is 10.4. The van der Waals surface area contributed by atoms with Gasteiger partial charge in [0.25, 0.3) is 0 Å². The maximum Gasteiger partial charge on any atom is 0.317 e. The SMILES string of the molecule is CC(=O)NCCCN(C)C(=O)NCc1ccccc1-c1ccc(Cn2ccnc2)cc1. The number of carbonyl (C=O) groups excluding carboxylic acids is 2. The highest BCUT2D eigenvalue weighted by atomic mass is 16.2. The quantitative estimate of drug-likeness (QED) is 0.523. The monoisotopic (exact) mass is 419 g/mol. The first-order chi connectivity index (χ1) is 15.0. The van der Waals surface area contributed by atoms with Crippen LogP contribution in [0.5, 0.6) is 0 Å². The topological polar surface area (TPSA) is 79.3 Å². The lowest BCUT2D eigenvalue weighted by molar-refractivity contribution is -0.118. The highest BCUT2D eigenvalue weighted by Gasteiger charge is 2.10. The highest BCUT2D eigenvalue weighted by Crippen LogP contribution is 2.24. The van der Waals surface area contributed by atoms with Crippen LogP contribution in [0, 0.1) is 0 Å². The lowest BCUT2D eigenvalue weighted by Crippen LogP contribution is -2.38. The molecule has 0 aliphatic heterocycles. The van der Waals surface area contributed by atoms with Gasteiger partial charge in [-0.1, -0.05) is 48.5 Å². The average Bonchev–Trinajstić information content (AvgIpc) is 3.28. The van der Waals surface area contributed by atoms with Crippen LogP contribution in [0.4, 0.5) is 4.79 Å². The molecular weight excluding hydrogens is 390 g/mol. The highest BCUT2D eigenvalue weighted by molar-refractivity contribution is 5.75. The van der Waals surface area contributed by atoms with E-state index >= 15 is 0 Å². The average molecular weight is 420 g/mol. The number of imidazole rings is 1. The van der Waals surface area contributed by atoms with Crippen molar-refractivity contribution in [1.29, 1.82) is 0 Å². The van der Waals surface area contributed by atoms with Gasteiger partial charge in [0.15, 0.2) is 0 Å². The number of benzene rings is 2. The molecule has 0 fully saturated rings. The van der Waals surface area contributed by atoms with Crippen LogP contribution >= 0.6 is 0 Å². The molecule has 3 amide bonds. The van der Waals surface area contributed by atoms with Crippen molar-refractivity contribution in [2.75, 3.05) is 20.1 Å². The van der Waals surface area contributed by atoms with Crippen LogP contribution < -0.4 is 10.6 Å². The number of hydrogen-bond acceptors (Lipinski definition) is 3. The Bertz CT molecular complexity index is 983. The molecule has 3 aromatic rings. The van der Waals surface area contributed by atoms with Gasteiger partial charge in [0.2, 0.25) is 5.91 Å². The summed E-state index contributed by atoms with van der Waals surface area (Å²) in [6, 6.07) is 16.4. The number of nitrogens with zero attached hydrogens (tertiary/aromatic N) is 3. The molecule has 1 heterocycles. The van der Waals surface area contributed by atoms with Gasteiger partial charge in [-0.2, -0.15) is 0 Å². The van der Waals surface area contributed by atoms with E-state index in [1.165, 1.54) is 12.5 Å². The molecule has 1 aromatic heterocycles. The van der Waals surface area contributed by atoms with Crippen molar-refractivity contribution in [2.24, 2.45) is 0 Å². The minimum Gasteiger partial charge on any atom is -0.356 e. The van der Waals surface area contributed by atoms with Gasteiger partial charge in [-0.05, 0) is 28.7 Å². The standard InChI is InChI=1S/C24H29N5O2/c1-19(30)26-12-5-14-28(2)24(31)27-16-22-6-3-4-7-23(22)21-10-8-20(9-11-21)17-29-15-13-25-18-29/h3-4,6-11,13,15,18H,5,12,14,16-17H2,1-2H3,(H,26,30)(H,27,31). The van der Waals surface area contributed by atoms with Gasteiger partial charge in [0, 0.05) is 52.5 Å². The zero-order chi connectivity index (χ0) is 22.1. The molecule has 0 radical (unpaired) electrons. The zero-order valence-electron chi connectivity index (χ0n) is 18.0. The Morgan fingerprint density at radius 3 is 2.55 bits per heavy atom. The fraction of sp³-hybridized carbons (Fsp3) is 0.292. The predicted molar refractivity (Wildman–Crippen MR) is 121 cm³/mol. The predicted octanol–water partition coefficient (Wildman–Crippen LogP) is 3.27. The first kappa shape index (κ1) is 22.1. The smallest absolute Gasteiger partial charge is 0.317 e. The first-order valence-electron chi connectivity index (χ1n) is 10.4. The molecule has 0 unspecified atom stereocenters. The molecule has 162 valence electrons. The summed E-state index contributed by atoms with van der Waals surface area (Å²) in [4.78, 5) is 29.0. The van der Waals surface area contributed by atoms with E-state index in [0.717, 1.165) is 23.2 Å². The summed E-state index contributed by atoms with van der Waals surface area (Å²) < 4.78 is 2.03. The van der Waals surface area contributed by atoms with Crippen molar-refractivity contribution < 1.29 is 9.59 Å². The van der Waals surface area contributed by atoms with E-state index in [1.54, 1.807) is 18.1 Å². The van der Waals surface area contributed by atoms with Crippen molar-refractivity contribution in [1.82, 2.24) is 25.1 Å². The van der Waals surface area contributed by atoms with Crippen LogP contribution in [-0.2, 0) is 17.9 Å².